The van der Waals surface area contributed by atoms with Gasteiger partial charge in [0, 0.05) is 10.8 Å². The molecule has 0 amide bonds. The molecule has 1 heterocycles. The Morgan fingerprint density at radius 3 is 2.29 bits per heavy atom. The number of rotatable bonds is 4. The normalized spacial score (nSPS) is 12.6. The zero-order valence-corrected chi connectivity index (χ0v) is 10.2. The van der Waals surface area contributed by atoms with Crippen LogP contribution in [-0.4, -0.2) is 23.7 Å². The molecule has 8 heteroatoms. The van der Waals surface area contributed by atoms with Crippen LogP contribution in [0.25, 0.3) is 10.8 Å². The van der Waals surface area contributed by atoms with E-state index in [1.807, 2.05) is 0 Å². The zero-order valence-electron chi connectivity index (χ0n) is 10.2. The number of carbonyl (C=O) groups is 2. The first-order valence-electron chi connectivity index (χ1n) is 5.62. The zero-order chi connectivity index (χ0) is 15.8. The molecular weight excluding hydrogens is 299 g/mol. The molecule has 2 rings (SSSR count). The Morgan fingerprint density at radius 2 is 1.67 bits per heavy atom. The van der Waals surface area contributed by atoms with Crippen molar-refractivity contribution in [2.45, 2.75) is 18.5 Å². The van der Waals surface area contributed by atoms with Gasteiger partial charge in [-0.15, -0.1) is 0 Å². The second kappa shape index (κ2) is 4.94. The van der Waals surface area contributed by atoms with E-state index in [1.54, 1.807) is 12.1 Å². The summed E-state index contributed by atoms with van der Waals surface area (Å²) in [4.78, 5) is 22.7. The van der Waals surface area contributed by atoms with Gasteiger partial charge in [0.1, 0.15) is 0 Å². The van der Waals surface area contributed by atoms with Gasteiger partial charge < -0.3 is 4.42 Å². The van der Waals surface area contributed by atoms with Gasteiger partial charge in [-0.2, -0.15) is 22.0 Å². The van der Waals surface area contributed by atoms with Crippen LogP contribution < -0.4 is 0 Å². The van der Waals surface area contributed by atoms with E-state index >= 15 is 0 Å². The molecule has 0 unspecified atom stereocenters. The van der Waals surface area contributed by atoms with Crippen molar-refractivity contribution < 1.29 is 36.0 Å². The highest BCUT2D eigenvalue weighted by atomic mass is 19.4. The van der Waals surface area contributed by atoms with Gasteiger partial charge in [-0.1, -0.05) is 24.3 Å². The molecule has 0 spiro atoms. The van der Waals surface area contributed by atoms with E-state index in [0.29, 0.717) is 5.39 Å². The number of ketones is 2. The number of hydrogen-bond acceptors (Lipinski definition) is 3. The van der Waals surface area contributed by atoms with Gasteiger partial charge in [0.05, 0.1) is 12.7 Å². The predicted octanol–water partition coefficient (Wildman–Crippen LogP) is 3.77. The molecule has 0 saturated heterocycles. The van der Waals surface area contributed by atoms with Gasteiger partial charge in [-0.05, 0) is 0 Å². The highest BCUT2D eigenvalue weighted by Gasteiger charge is 2.62. The molecule has 0 aliphatic heterocycles. The Labute approximate surface area is 114 Å². The van der Waals surface area contributed by atoms with E-state index in [9.17, 15) is 31.5 Å². The lowest BCUT2D eigenvalue weighted by Crippen LogP contribution is -2.44. The third-order valence-corrected chi connectivity index (χ3v) is 2.79. The standard InChI is InChI=1S/C13H7F5O3/c14-12(15,13(16,17)18)10(20)5-9(19)11-8-4-2-1-3-7(8)6-21-11/h1-4,6H,5H2. The van der Waals surface area contributed by atoms with Crippen LogP contribution in [-0.2, 0) is 4.79 Å². The SMILES string of the molecule is O=C(CC(=O)C(F)(F)C(F)(F)F)c1occ2ccccc12. The highest BCUT2D eigenvalue weighted by Crippen LogP contribution is 2.37. The number of fused-ring (bicyclic) bond motifs is 1. The van der Waals surface area contributed by atoms with Crippen LogP contribution in [0.5, 0.6) is 0 Å². The van der Waals surface area contributed by atoms with Crippen molar-refractivity contribution >= 4 is 22.3 Å². The number of carbonyl (C=O) groups excluding carboxylic acids is 2. The Balaban J connectivity index is 2.25. The maximum atomic E-state index is 12.8. The van der Waals surface area contributed by atoms with Crippen LogP contribution in [0.1, 0.15) is 17.0 Å². The lowest BCUT2D eigenvalue weighted by molar-refractivity contribution is -0.268. The summed E-state index contributed by atoms with van der Waals surface area (Å²) in [5, 5.41) is 0.710. The van der Waals surface area contributed by atoms with Crippen molar-refractivity contribution in [1.82, 2.24) is 0 Å². The number of Topliss-reactive ketones (excluding diaryl/α,β-unsaturated/α-hetero) is 2. The second-order valence-corrected chi connectivity index (χ2v) is 4.25. The van der Waals surface area contributed by atoms with Gasteiger partial charge >= 0.3 is 12.1 Å². The predicted molar refractivity (Wildman–Crippen MR) is 61.2 cm³/mol. The molecule has 0 N–H and O–H groups in total. The number of furan rings is 1. The molecule has 0 aliphatic carbocycles. The molecular formula is C13H7F5O3. The van der Waals surface area contributed by atoms with Gasteiger partial charge in [0.2, 0.25) is 11.6 Å². The molecule has 0 atom stereocenters. The van der Waals surface area contributed by atoms with E-state index in [-0.39, 0.29) is 5.39 Å². The number of alkyl halides is 5. The molecule has 1 aromatic carbocycles. The van der Waals surface area contributed by atoms with Gasteiger partial charge in [0.15, 0.2) is 5.76 Å². The van der Waals surface area contributed by atoms with Crippen LogP contribution in [0.15, 0.2) is 34.9 Å². The van der Waals surface area contributed by atoms with Crippen molar-refractivity contribution in [2.24, 2.45) is 0 Å². The van der Waals surface area contributed by atoms with Crippen LogP contribution >= 0.6 is 0 Å². The largest absolute Gasteiger partial charge is 0.461 e. The van der Waals surface area contributed by atoms with E-state index < -0.39 is 35.8 Å². The summed E-state index contributed by atoms with van der Waals surface area (Å²) in [6, 6.07) is 6.13. The summed E-state index contributed by atoms with van der Waals surface area (Å²) in [5.74, 6) is -9.73. The van der Waals surface area contributed by atoms with Gasteiger partial charge in [-0.3, -0.25) is 9.59 Å². The first kappa shape index (κ1) is 15.1. The Hall–Kier alpha value is -2.25. The van der Waals surface area contributed by atoms with Crippen LogP contribution in [0.2, 0.25) is 0 Å². The molecule has 0 fully saturated rings. The summed E-state index contributed by atoms with van der Waals surface area (Å²) in [6.07, 6.45) is -6.48. The molecule has 21 heavy (non-hydrogen) atoms. The van der Waals surface area contributed by atoms with E-state index in [2.05, 4.69) is 0 Å². The Kier molecular flexibility index (Phi) is 3.56. The first-order valence-corrected chi connectivity index (χ1v) is 5.62. The minimum Gasteiger partial charge on any atom is -0.460 e. The number of benzene rings is 1. The number of hydrogen-bond donors (Lipinski definition) is 0. The maximum Gasteiger partial charge on any atom is 0.461 e. The minimum absolute atomic E-state index is 0.241. The minimum atomic E-state index is -6.03. The summed E-state index contributed by atoms with van der Waals surface area (Å²) in [7, 11) is 0. The van der Waals surface area contributed by atoms with E-state index in [0.717, 1.165) is 6.26 Å². The van der Waals surface area contributed by atoms with Crippen LogP contribution in [0.3, 0.4) is 0 Å². The fourth-order valence-electron chi connectivity index (χ4n) is 1.70. The molecule has 1 aromatic heterocycles. The topological polar surface area (TPSA) is 47.3 Å². The fourth-order valence-corrected chi connectivity index (χ4v) is 1.70. The molecule has 0 radical (unpaired) electrons. The van der Waals surface area contributed by atoms with Gasteiger partial charge in [-0.25, -0.2) is 0 Å². The third kappa shape index (κ3) is 2.65. The van der Waals surface area contributed by atoms with E-state index in [4.69, 9.17) is 4.42 Å². The Morgan fingerprint density at radius 1 is 1.05 bits per heavy atom. The highest BCUT2D eigenvalue weighted by molar-refractivity contribution is 6.14. The quantitative estimate of drug-likeness (QED) is 0.491. The number of halogens is 5. The smallest absolute Gasteiger partial charge is 0.460 e. The van der Waals surface area contributed by atoms with Crippen molar-refractivity contribution in [3.63, 3.8) is 0 Å². The van der Waals surface area contributed by atoms with Gasteiger partial charge in [0.25, 0.3) is 0 Å². The third-order valence-electron chi connectivity index (χ3n) is 2.79. The molecule has 112 valence electrons. The fraction of sp³-hybridized carbons (Fsp3) is 0.231. The summed E-state index contributed by atoms with van der Waals surface area (Å²) in [5.41, 5.74) is 0. The lowest BCUT2D eigenvalue weighted by atomic mass is 10.0. The lowest BCUT2D eigenvalue weighted by Gasteiger charge is -2.17. The molecule has 0 bridgehead atoms. The molecule has 0 saturated carbocycles. The summed E-state index contributed by atoms with van der Waals surface area (Å²) >= 11 is 0. The molecule has 3 nitrogen and oxygen atoms in total. The second-order valence-electron chi connectivity index (χ2n) is 4.25. The average molecular weight is 306 g/mol. The van der Waals surface area contributed by atoms with Crippen molar-refractivity contribution in [2.75, 3.05) is 0 Å². The monoisotopic (exact) mass is 306 g/mol. The van der Waals surface area contributed by atoms with Crippen molar-refractivity contribution in [3.05, 3.63) is 36.3 Å². The van der Waals surface area contributed by atoms with Crippen molar-refractivity contribution in [1.29, 1.82) is 0 Å². The van der Waals surface area contributed by atoms with E-state index in [1.165, 1.54) is 12.1 Å². The average Bonchev–Trinajstić information content (AvgIpc) is 2.81. The maximum absolute atomic E-state index is 12.8. The summed E-state index contributed by atoms with van der Waals surface area (Å²) in [6.45, 7) is 0. The molecule has 0 aliphatic rings. The Bertz CT molecular complexity index is 699. The van der Waals surface area contributed by atoms with Crippen molar-refractivity contribution in [3.8, 4) is 0 Å². The summed E-state index contributed by atoms with van der Waals surface area (Å²) < 4.78 is 66.5. The molecule has 2 aromatic rings. The van der Waals surface area contributed by atoms with Crippen LogP contribution in [0.4, 0.5) is 22.0 Å². The first-order chi connectivity index (χ1) is 9.64. The van der Waals surface area contributed by atoms with Crippen LogP contribution in [0, 0.1) is 0 Å².